The van der Waals surface area contributed by atoms with Crippen LogP contribution in [0.25, 0.3) is 0 Å². The Morgan fingerprint density at radius 1 is 0.893 bits per heavy atom. The van der Waals surface area contributed by atoms with E-state index in [9.17, 15) is 13.2 Å². The van der Waals surface area contributed by atoms with E-state index in [0.717, 1.165) is 16.7 Å². The fourth-order valence-electron chi connectivity index (χ4n) is 2.94. The molecule has 0 aliphatic heterocycles. The highest BCUT2D eigenvalue weighted by Crippen LogP contribution is 2.19. The zero-order valence-electron chi connectivity index (χ0n) is 15.4. The van der Waals surface area contributed by atoms with E-state index in [1.807, 2.05) is 25.1 Å². The van der Waals surface area contributed by atoms with Crippen molar-refractivity contribution in [3.63, 3.8) is 0 Å². The molecule has 0 heterocycles. The topological polar surface area (TPSA) is 83.5 Å². The number of aromatic carboxylic acids is 1. The average Bonchev–Trinajstić information content (AvgIpc) is 2.66. The van der Waals surface area contributed by atoms with Gasteiger partial charge in [-0.25, -0.2) is 13.2 Å². The number of sulfonamides is 1. The predicted octanol–water partition coefficient (Wildman–Crippen LogP) is 4.28. The molecule has 0 unspecified atom stereocenters. The zero-order chi connectivity index (χ0) is 20.1. The van der Waals surface area contributed by atoms with Gasteiger partial charge in [0.2, 0.25) is 0 Å². The quantitative estimate of drug-likeness (QED) is 0.625. The molecular weight excluding hydrogens is 374 g/mol. The van der Waals surface area contributed by atoms with Crippen LogP contribution in [0.3, 0.4) is 0 Å². The van der Waals surface area contributed by atoms with E-state index >= 15 is 0 Å². The first-order valence-electron chi connectivity index (χ1n) is 8.84. The number of hydrogen-bond donors (Lipinski definition) is 2. The molecule has 0 radical (unpaired) electrons. The van der Waals surface area contributed by atoms with Crippen LogP contribution in [0.15, 0.2) is 77.7 Å². The van der Waals surface area contributed by atoms with E-state index in [1.54, 1.807) is 54.6 Å². The number of nitrogens with one attached hydrogen (secondary N) is 1. The van der Waals surface area contributed by atoms with Crippen LogP contribution in [0.4, 0.5) is 5.69 Å². The molecule has 3 rings (SSSR count). The van der Waals surface area contributed by atoms with Crippen LogP contribution in [0.2, 0.25) is 0 Å². The lowest BCUT2D eigenvalue weighted by molar-refractivity contribution is 0.0696. The van der Waals surface area contributed by atoms with Crippen molar-refractivity contribution >= 4 is 21.7 Å². The molecule has 0 spiro atoms. The van der Waals surface area contributed by atoms with Gasteiger partial charge in [0.25, 0.3) is 10.0 Å². The van der Waals surface area contributed by atoms with Crippen molar-refractivity contribution in [1.29, 1.82) is 0 Å². The molecule has 0 aliphatic rings. The van der Waals surface area contributed by atoms with E-state index in [-0.39, 0.29) is 10.5 Å². The maximum Gasteiger partial charge on any atom is 0.335 e. The molecule has 144 valence electrons. The summed E-state index contributed by atoms with van der Waals surface area (Å²) in [5.41, 5.74) is 3.52. The lowest BCUT2D eigenvalue weighted by Gasteiger charge is -2.10. The van der Waals surface area contributed by atoms with Gasteiger partial charge in [-0.3, -0.25) is 4.72 Å². The monoisotopic (exact) mass is 395 g/mol. The third-order valence-electron chi connectivity index (χ3n) is 4.36. The third kappa shape index (κ3) is 4.98. The van der Waals surface area contributed by atoms with Gasteiger partial charge < -0.3 is 5.11 Å². The van der Waals surface area contributed by atoms with Gasteiger partial charge in [0.15, 0.2) is 0 Å². The molecule has 3 aromatic rings. The van der Waals surface area contributed by atoms with Gasteiger partial charge in [-0.1, -0.05) is 36.4 Å². The highest BCUT2D eigenvalue weighted by Gasteiger charge is 2.14. The minimum atomic E-state index is -3.65. The number of carboxylic acids is 1. The highest BCUT2D eigenvalue weighted by atomic mass is 32.2. The van der Waals surface area contributed by atoms with E-state index < -0.39 is 16.0 Å². The second-order valence-corrected chi connectivity index (χ2v) is 8.31. The standard InChI is InChI=1S/C22H21NO4S/c1-16-5-2-10-21(13-16)28(26,27)23-20-9-4-7-18(15-20)12-11-17-6-3-8-19(14-17)22(24)25/h2-10,13-15,23H,11-12H2,1H3,(H,24,25). The summed E-state index contributed by atoms with van der Waals surface area (Å²) < 4.78 is 27.8. The van der Waals surface area contributed by atoms with Crippen LogP contribution in [-0.4, -0.2) is 19.5 Å². The smallest absolute Gasteiger partial charge is 0.335 e. The van der Waals surface area contributed by atoms with E-state index in [4.69, 9.17) is 5.11 Å². The summed E-state index contributed by atoms with van der Waals surface area (Å²) in [6.45, 7) is 1.85. The normalized spacial score (nSPS) is 11.2. The Morgan fingerprint density at radius 2 is 1.54 bits per heavy atom. The second-order valence-electron chi connectivity index (χ2n) is 6.63. The van der Waals surface area contributed by atoms with Gasteiger partial charge in [0.05, 0.1) is 10.5 Å². The fraction of sp³-hybridized carbons (Fsp3) is 0.136. The summed E-state index contributed by atoms with van der Waals surface area (Å²) in [4.78, 5) is 11.3. The Bertz CT molecular complexity index is 1110. The molecule has 2 N–H and O–H groups in total. The highest BCUT2D eigenvalue weighted by molar-refractivity contribution is 7.92. The number of anilines is 1. The summed E-state index contributed by atoms with van der Waals surface area (Å²) in [6, 6.07) is 20.8. The predicted molar refractivity (Wildman–Crippen MR) is 109 cm³/mol. The number of rotatable bonds is 7. The lowest BCUT2D eigenvalue weighted by Crippen LogP contribution is -2.13. The van der Waals surface area contributed by atoms with Crippen molar-refractivity contribution in [2.75, 3.05) is 4.72 Å². The van der Waals surface area contributed by atoms with Crippen molar-refractivity contribution < 1.29 is 18.3 Å². The summed E-state index contributed by atoms with van der Waals surface area (Å²) in [5.74, 6) is -0.950. The molecule has 0 saturated carbocycles. The molecule has 3 aromatic carbocycles. The first kappa shape index (κ1) is 19.6. The summed E-state index contributed by atoms with van der Waals surface area (Å²) >= 11 is 0. The molecule has 0 bridgehead atoms. The van der Waals surface area contributed by atoms with Crippen molar-refractivity contribution in [1.82, 2.24) is 0 Å². The van der Waals surface area contributed by atoms with Gasteiger partial charge >= 0.3 is 5.97 Å². The van der Waals surface area contributed by atoms with Gasteiger partial charge in [-0.05, 0) is 72.9 Å². The molecule has 0 fully saturated rings. The van der Waals surface area contributed by atoms with Crippen LogP contribution in [-0.2, 0) is 22.9 Å². The first-order chi connectivity index (χ1) is 13.3. The Hall–Kier alpha value is -3.12. The second kappa shape index (κ2) is 8.27. The molecule has 0 aromatic heterocycles. The Kier molecular flexibility index (Phi) is 5.80. The fourth-order valence-corrected chi connectivity index (χ4v) is 4.09. The average molecular weight is 395 g/mol. The van der Waals surface area contributed by atoms with Crippen molar-refractivity contribution in [2.45, 2.75) is 24.7 Å². The van der Waals surface area contributed by atoms with Crippen LogP contribution in [0.1, 0.15) is 27.0 Å². The van der Waals surface area contributed by atoms with Crippen molar-refractivity contribution in [2.24, 2.45) is 0 Å². The van der Waals surface area contributed by atoms with Crippen molar-refractivity contribution in [3.05, 3.63) is 95.1 Å². The molecule has 0 saturated heterocycles. The molecule has 0 amide bonds. The number of hydrogen-bond acceptors (Lipinski definition) is 3. The van der Waals surface area contributed by atoms with Crippen molar-refractivity contribution in [3.8, 4) is 0 Å². The van der Waals surface area contributed by atoms with Gasteiger partial charge in [0.1, 0.15) is 0 Å². The number of benzene rings is 3. The SMILES string of the molecule is Cc1cccc(S(=O)(=O)Nc2cccc(CCc3cccc(C(=O)O)c3)c2)c1. The van der Waals surface area contributed by atoms with Crippen LogP contribution in [0.5, 0.6) is 0 Å². The summed E-state index contributed by atoms with van der Waals surface area (Å²) in [7, 11) is -3.65. The number of carbonyl (C=O) groups is 1. The Balaban J connectivity index is 1.72. The number of aryl methyl sites for hydroxylation is 3. The van der Waals surface area contributed by atoms with Crippen LogP contribution < -0.4 is 4.72 Å². The van der Waals surface area contributed by atoms with E-state index in [2.05, 4.69) is 4.72 Å². The lowest BCUT2D eigenvalue weighted by atomic mass is 10.0. The summed E-state index contributed by atoms with van der Waals surface area (Å²) in [5, 5.41) is 9.08. The van der Waals surface area contributed by atoms with Gasteiger partial charge in [0, 0.05) is 5.69 Å². The molecular formula is C22H21NO4S. The van der Waals surface area contributed by atoms with E-state index in [0.29, 0.717) is 18.5 Å². The van der Waals surface area contributed by atoms with Crippen LogP contribution >= 0.6 is 0 Å². The Morgan fingerprint density at radius 3 is 2.21 bits per heavy atom. The Labute approximate surface area is 164 Å². The molecule has 28 heavy (non-hydrogen) atoms. The van der Waals surface area contributed by atoms with Gasteiger partial charge in [-0.2, -0.15) is 0 Å². The molecule has 6 heteroatoms. The third-order valence-corrected chi connectivity index (χ3v) is 5.73. The molecule has 0 atom stereocenters. The largest absolute Gasteiger partial charge is 0.478 e. The van der Waals surface area contributed by atoms with Crippen LogP contribution in [0, 0.1) is 6.92 Å². The number of carboxylic acid groups (broad SMARTS) is 1. The first-order valence-corrected chi connectivity index (χ1v) is 10.3. The summed E-state index contributed by atoms with van der Waals surface area (Å²) in [6.07, 6.45) is 1.33. The molecule has 0 aliphatic carbocycles. The maximum absolute atomic E-state index is 12.6. The maximum atomic E-state index is 12.6. The minimum Gasteiger partial charge on any atom is -0.478 e. The van der Waals surface area contributed by atoms with E-state index in [1.165, 1.54) is 0 Å². The minimum absolute atomic E-state index is 0.225. The van der Waals surface area contributed by atoms with Gasteiger partial charge in [-0.15, -0.1) is 0 Å². The zero-order valence-corrected chi connectivity index (χ0v) is 16.2. The molecule has 5 nitrogen and oxygen atoms in total.